The molecule has 3 aliphatic heterocycles. The number of hydrogen-bond donors (Lipinski definition) is 1. The van der Waals surface area contributed by atoms with Gasteiger partial charge in [0.2, 0.25) is 0 Å². The predicted molar refractivity (Wildman–Crippen MR) is 175 cm³/mol. The fourth-order valence-corrected chi connectivity index (χ4v) is 6.33. The van der Waals surface area contributed by atoms with Crippen LogP contribution in [-0.4, -0.2) is 152 Å². The highest BCUT2D eigenvalue weighted by Gasteiger charge is 2.58. The van der Waals surface area contributed by atoms with Gasteiger partial charge in [-0.1, -0.05) is 0 Å². The van der Waals surface area contributed by atoms with Crippen LogP contribution in [0.25, 0.3) is 0 Å². The summed E-state index contributed by atoms with van der Waals surface area (Å²) in [6, 6.07) is 0. The maximum Gasteiger partial charge on any atom is 0.303 e. The van der Waals surface area contributed by atoms with E-state index in [1.807, 2.05) is 0 Å². The van der Waals surface area contributed by atoms with Gasteiger partial charge < -0.3 is 66.7 Å². The van der Waals surface area contributed by atoms with Gasteiger partial charge >= 0.3 is 47.8 Å². The first kappa shape index (κ1) is 45.9. The molecule has 15 atom stereocenters. The van der Waals surface area contributed by atoms with Crippen molar-refractivity contribution in [3.05, 3.63) is 0 Å². The lowest BCUT2D eigenvalue weighted by Crippen LogP contribution is -2.68. The highest BCUT2D eigenvalue weighted by atomic mass is 16.8. The molecule has 3 aliphatic rings. The van der Waals surface area contributed by atoms with Crippen molar-refractivity contribution in [3.63, 3.8) is 0 Å². The second kappa shape index (κ2) is 20.1. The molecule has 1 N–H and O–H groups in total. The lowest BCUT2D eigenvalue weighted by atomic mass is 9.95. The molecule has 22 nitrogen and oxygen atoms in total. The Morgan fingerprint density at radius 1 is 0.411 bits per heavy atom. The zero-order valence-electron chi connectivity index (χ0n) is 32.4. The second-order valence-electron chi connectivity index (χ2n) is 13.0. The topological polar surface area (TPSA) is 277 Å². The largest absolute Gasteiger partial charge is 0.463 e. The third-order valence-corrected chi connectivity index (χ3v) is 8.21. The van der Waals surface area contributed by atoms with Crippen molar-refractivity contribution in [1.29, 1.82) is 0 Å². The fourth-order valence-electron chi connectivity index (χ4n) is 6.33. The SMILES string of the molecule is CC(=O)OC[C@H]1OC(O)[C@H](O[C@@H]2O[C@@H](C)[C@H](OC(C)=O)[C@@H](OC(C)=O)[C@H]2OC(C)=O)[C@@H](OC(C)=O)[C@@H]1O[C@@H]1O[C@@H](C)[C@H](OC(C)=O)[C@@H](OC(C)=O)[C@H]1OC(C)=O. The molecule has 316 valence electrons. The smallest absolute Gasteiger partial charge is 0.303 e. The third-order valence-electron chi connectivity index (χ3n) is 8.21. The minimum Gasteiger partial charge on any atom is -0.463 e. The number of carbonyl (C=O) groups is 8. The summed E-state index contributed by atoms with van der Waals surface area (Å²) in [5.41, 5.74) is 0. The molecule has 3 fully saturated rings. The molecule has 0 amide bonds. The molecular weight excluding hydrogens is 760 g/mol. The van der Waals surface area contributed by atoms with Gasteiger partial charge in [-0.05, 0) is 13.8 Å². The van der Waals surface area contributed by atoms with E-state index in [1.54, 1.807) is 0 Å². The Bertz CT molecular complexity index is 1460. The first-order chi connectivity index (χ1) is 26.1. The van der Waals surface area contributed by atoms with Crippen LogP contribution in [0.5, 0.6) is 0 Å². The number of esters is 8. The number of aliphatic hydroxyl groups excluding tert-OH is 1. The Labute approximate surface area is 320 Å². The zero-order chi connectivity index (χ0) is 42.2. The number of hydrogen-bond acceptors (Lipinski definition) is 22. The van der Waals surface area contributed by atoms with Crippen molar-refractivity contribution in [2.75, 3.05) is 6.61 Å². The van der Waals surface area contributed by atoms with Crippen molar-refractivity contribution < 1.29 is 105 Å². The molecule has 3 saturated heterocycles. The summed E-state index contributed by atoms with van der Waals surface area (Å²) in [4.78, 5) is 97.7. The predicted octanol–water partition coefficient (Wildman–Crippen LogP) is -0.951. The summed E-state index contributed by atoms with van der Waals surface area (Å²) in [6.45, 7) is 10.6. The molecule has 3 rings (SSSR count). The molecule has 0 aromatic carbocycles. The average molecular weight is 809 g/mol. The van der Waals surface area contributed by atoms with Gasteiger partial charge in [0.25, 0.3) is 0 Å². The van der Waals surface area contributed by atoms with Crippen LogP contribution in [0.15, 0.2) is 0 Å². The standard InChI is InChI=1S/C34H48O22/c1-12-23(47-15(4)36)26(49-17(6)38)30(52-20(9)41)33(45-12)55-25-22(11-44-14(3)35)54-32(43)29(28(25)51-19(8)40)56-34-31(53-21(10)42)27(50-18(7)39)24(13(2)46-34)48-16(5)37/h12-13,22-34,43H,11H2,1-10H3/t12-,13-,22+,23-,24-,25+,26+,27+,28-,29+,30+,31+,32?,33-,34-/m0/s1. The van der Waals surface area contributed by atoms with E-state index in [0.29, 0.717) is 0 Å². The van der Waals surface area contributed by atoms with Gasteiger partial charge in [-0.25, -0.2) is 0 Å². The molecule has 1 unspecified atom stereocenters. The van der Waals surface area contributed by atoms with Crippen LogP contribution in [0.2, 0.25) is 0 Å². The van der Waals surface area contributed by atoms with E-state index in [0.717, 1.165) is 55.4 Å². The Balaban J connectivity index is 2.14. The van der Waals surface area contributed by atoms with Gasteiger partial charge in [0.15, 0.2) is 67.7 Å². The van der Waals surface area contributed by atoms with Crippen LogP contribution in [0.1, 0.15) is 69.2 Å². The maximum absolute atomic E-state index is 12.7. The summed E-state index contributed by atoms with van der Waals surface area (Å²) in [6.07, 6.45) is -23.7. The van der Waals surface area contributed by atoms with Gasteiger partial charge in [-0.2, -0.15) is 0 Å². The number of carbonyl (C=O) groups excluding carboxylic acids is 8. The van der Waals surface area contributed by atoms with Gasteiger partial charge in [-0.15, -0.1) is 0 Å². The molecule has 22 heteroatoms. The van der Waals surface area contributed by atoms with Crippen LogP contribution < -0.4 is 0 Å². The average Bonchev–Trinajstić information content (AvgIpc) is 3.04. The molecule has 0 bridgehead atoms. The van der Waals surface area contributed by atoms with Crippen LogP contribution in [0.3, 0.4) is 0 Å². The lowest BCUT2D eigenvalue weighted by Gasteiger charge is -2.49. The Morgan fingerprint density at radius 3 is 1.05 bits per heavy atom. The van der Waals surface area contributed by atoms with Gasteiger partial charge in [0.05, 0.1) is 12.2 Å². The molecule has 0 radical (unpaired) electrons. The maximum atomic E-state index is 12.7. The van der Waals surface area contributed by atoms with Crippen LogP contribution in [-0.2, 0) is 99.9 Å². The van der Waals surface area contributed by atoms with Gasteiger partial charge in [-0.3, -0.25) is 38.4 Å². The highest BCUT2D eigenvalue weighted by molar-refractivity contribution is 5.69. The second-order valence-corrected chi connectivity index (χ2v) is 13.0. The van der Waals surface area contributed by atoms with Crippen molar-refractivity contribution in [1.82, 2.24) is 0 Å². The summed E-state index contributed by atoms with van der Waals surface area (Å²) >= 11 is 0. The minimum atomic E-state index is -2.06. The summed E-state index contributed by atoms with van der Waals surface area (Å²) < 4.78 is 73.3. The monoisotopic (exact) mass is 808 g/mol. The summed E-state index contributed by atoms with van der Waals surface area (Å²) in [5, 5.41) is 11.4. The van der Waals surface area contributed by atoms with E-state index in [1.165, 1.54) is 13.8 Å². The zero-order valence-corrected chi connectivity index (χ0v) is 32.4. The molecule has 3 heterocycles. The normalized spacial score (nSPS) is 35.4. The fraction of sp³-hybridized carbons (Fsp3) is 0.765. The van der Waals surface area contributed by atoms with Crippen LogP contribution >= 0.6 is 0 Å². The Morgan fingerprint density at radius 2 is 0.714 bits per heavy atom. The quantitative estimate of drug-likeness (QED) is 0.173. The summed E-state index contributed by atoms with van der Waals surface area (Å²) in [7, 11) is 0. The van der Waals surface area contributed by atoms with E-state index >= 15 is 0 Å². The minimum absolute atomic E-state index is 0.642. The molecule has 0 spiro atoms. The van der Waals surface area contributed by atoms with Gasteiger partial charge in [0, 0.05) is 55.4 Å². The lowest BCUT2D eigenvalue weighted by molar-refractivity contribution is -0.380. The molecule has 0 aliphatic carbocycles. The van der Waals surface area contributed by atoms with Gasteiger partial charge in [0.1, 0.15) is 18.8 Å². The van der Waals surface area contributed by atoms with Crippen molar-refractivity contribution in [2.24, 2.45) is 0 Å². The molecule has 0 aromatic rings. The molecule has 0 saturated carbocycles. The van der Waals surface area contributed by atoms with E-state index in [2.05, 4.69) is 0 Å². The van der Waals surface area contributed by atoms with Crippen molar-refractivity contribution in [3.8, 4) is 0 Å². The molecule has 0 aromatic heterocycles. The third kappa shape index (κ3) is 12.5. The number of rotatable bonds is 13. The Kier molecular flexibility index (Phi) is 16.5. The first-order valence-electron chi connectivity index (χ1n) is 17.4. The van der Waals surface area contributed by atoms with Crippen molar-refractivity contribution in [2.45, 2.75) is 161 Å². The van der Waals surface area contributed by atoms with Crippen molar-refractivity contribution >= 4 is 47.8 Å². The van der Waals surface area contributed by atoms with Crippen LogP contribution in [0.4, 0.5) is 0 Å². The van der Waals surface area contributed by atoms with E-state index in [-0.39, 0.29) is 0 Å². The first-order valence-corrected chi connectivity index (χ1v) is 17.4. The summed E-state index contributed by atoms with van der Waals surface area (Å²) in [5.74, 6) is -6.93. The Hall–Kier alpha value is -4.48. The number of aliphatic hydroxyl groups is 1. The van der Waals surface area contributed by atoms with E-state index in [9.17, 15) is 43.5 Å². The highest BCUT2D eigenvalue weighted by Crippen LogP contribution is 2.37. The van der Waals surface area contributed by atoms with Crippen LogP contribution in [0, 0.1) is 0 Å². The van der Waals surface area contributed by atoms with E-state index in [4.69, 9.17) is 61.6 Å². The molecule has 56 heavy (non-hydrogen) atoms. The van der Waals surface area contributed by atoms with E-state index < -0.39 is 146 Å². The molecular formula is C34H48O22. The number of ether oxygens (including phenoxy) is 13.